The lowest BCUT2D eigenvalue weighted by Gasteiger charge is -2.42. The Labute approximate surface area is 137 Å². The summed E-state index contributed by atoms with van der Waals surface area (Å²) in [5, 5.41) is 0. The predicted octanol–water partition coefficient (Wildman–Crippen LogP) is 1.27. The Bertz CT molecular complexity index is 621. The Balaban J connectivity index is 1.85. The van der Waals surface area contributed by atoms with Gasteiger partial charge in [-0.25, -0.2) is 8.42 Å². The van der Waals surface area contributed by atoms with Crippen molar-refractivity contribution in [2.24, 2.45) is 0 Å². The van der Waals surface area contributed by atoms with Gasteiger partial charge in [-0.15, -0.1) is 0 Å². The van der Waals surface area contributed by atoms with Gasteiger partial charge in [0.2, 0.25) is 10.0 Å². The minimum absolute atomic E-state index is 0.0925. The van der Waals surface area contributed by atoms with Crippen LogP contribution in [-0.2, 0) is 24.2 Å². The van der Waals surface area contributed by atoms with Crippen LogP contribution < -0.4 is 0 Å². The lowest BCUT2D eigenvalue weighted by atomic mass is 9.96. The van der Waals surface area contributed by atoms with E-state index < -0.39 is 15.6 Å². The molecule has 2 heterocycles. The van der Waals surface area contributed by atoms with Crippen molar-refractivity contribution in [3.63, 3.8) is 0 Å². The van der Waals surface area contributed by atoms with Crippen molar-refractivity contribution < 1.29 is 22.6 Å². The average molecular weight is 341 g/mol. The van der Waals surface area contributed by atoms with E-state index in [4.69, 9.17) is 14.2 Å². The third-order valence-electron chi connectivity index (χ3n) is 4.37. The molecule has 2 aliphatic heterocycles. The molecular weight excluding hydrogens is 318 g/mol. The quantitative estimate of drug-likeness (QED) is 0.807. The van der Waals surface area contributed by atoms with Gasteiger partial charge in [-0.1, -0.05) is 18.2 Å². The second-order valence-corrected chi connectivity index (χ2v) is 7.83. The van der Waals surface area contributed by atoms with Crippen LogP contribution in [0.1, 0.15) is 13.3 Å². The Morgan fingerprint density at radius 1 is 1.30 bits per heavy atom. The molecule has 2 unspecified atom stereocenters. The van der Waals surface area contributed by atoms with Crippen molar-refractivity contribution in [3.8, 4) is 0 Å². The van der Waals surface area contributed by atoms with Crippen molar-refractivity contribution in [1.29, 1.82) is 0 Å². The van der Waals surface area contributed by atoms with E-state index in [-0.39, 0.29) is 6.10 Å². The van der Waals surface area contributed by atoms with Crippen LogP contribution in [0.15, 0.2) is 35.2 Å². The Kier molecular flexibility index (Phi) is 5.03. The number of hydrogen-bond acceptors (Lipinski definition) is 5. The maximum atomic E-state index is 13.1. The summed E-state index contributed by atoms with van der Waals surface area (Å²) in [5.41, 5.74) is -0.630. The number of nitrogens with zero attached hydrogens (tertiary/aromatic N) is 1. The van der Waals surface area contributed by atoms with E-state index in [1.165, 1.54) is 0 Å². The molecule has 2 fully saturated rings. The summed E-state index contributed by atoms with van der Waals surface area (Å²) in [7, 11) is -3.57. The molecule has 2 atom stereocenters. The maximum Gasteiger partial charge on any atom is 0.243 e. The van der Waals surface area contributed by atoms with Crippen LogP contribution in [0.2, 0.25) is 0 Å². The van der Waals surface area contributed by atoms with Gasteiger partial charge in [0.05, 0.1) is 43.0 Å². The van der Waals surface area contributed by atoms with Gasteiger partial charge in [0.15, 0.2) is 0 Å². The van der Waals surface area contributed by atoms with Gasteiger partial charge in [-0.2, -0.15) is 4.31 Å². The van der Waals surface area contributed by atoms with Gasteiger partial charge in [0, 0.05) is 13.2 Å². The van der Waals surface area contributed by atoms with E-state index in [1.54, 1.807) is 28.6 Å². The minimum atomic E-state index is -3.57. The number of ether oxygens (including phenoxy) is 3. The number of morpholine rings is 1. The smallest absolute Gasteiger partial charge is 0.243 e. The Hall–Kier alpha value is -0.990. The van der Waals surface area contributed by atoms with Crippen LogP contribution >= 0.6 is 0 Å². The van der Waals surface area contributed by atoms with Gasteiger partial charge in [0.1, 0.15) is 0 Å². The normalized spacial score (nSPS) is 29.2. The van der Waals surface area contributed by atoms with E-state index in [9.17, 15) is 8.42 Å². The molecule has 6 nitrogen and oxygen atoms in total. The molecule has 23 heavy (non-hydrogen) atoms. The monoisotopic (exact) mass is 341 g/mol. The summed E-state index contributed by atoms with van der Waals surface area (Å²) >= 11 is 0. The first-order valence-corrected chi connectivity index (χ1v) is 9.37. The number of sulfonamides is 1. The molecule has 0 bridgehead atoms. The van der Waals surface area contributed by atoms with Crippen LogP contribution in [-0.4, -0.2) is 63.9 Å². The van der Waals surface area contributed by atoms with Crippen molar-refractivity contribution in [1.82, 2.24) is 4.31 Å². The third-order valence-corrected chi connectivity index (χ3v) is 6.39. The molecule has 128 valence electrons. The topological polar surface area (TPSA) is 65.1 Å². The summed E-state index contributed by atoms with van der Waals surface area (Å²) < 4.78 is 44.5. The van der Waals surface area contributed by atoms with Gasteiger partial charge in [-0.05, 0) is 25.5 Å². The van der Waals surface area contributed by atoms with E-state index in [2.05, 4.69) is 0 Å². The van der Waals surface area contributed by atoms with E-state index in [0.29, 0.717) is 50.9 Å². The highest BCUT2D eigenvalue weighted by Crippen LogP contribution is 2.36. The van der Waals surface area contributed by atoms with Crippen LogP contribution in [0, 0.1) is 0 Å². The second-order valence-electron chi connectivity index (χ2n) is 5.96. The lowest BCUT2D eigenvalue weighted by Crippen LogP contribution is -2.59. The van der Waals surface area contributed by atoms with Crippen molar-refractivity contribution in [3.05, 3.63) is 30.3 Å². The van der Waals surface area contributed by atoms with Gasteiger partial charge < -0.3 is 14.2 Å². The summed E-state index contributed by atoms with van der Waals surface area (Å²) in [5.74, 6) is 0. The van der Waals surface area contributed by atoms with Gasteiger partial charge >= 0.3 is 0 Å². The molecule has 2 aliphatic rings. The minimum Gasteiger partial charge on any atom is -0.379 e. The summed E-state index contributed by atoms with van der Waals surface area (Å²) in [4.78, 5) is 0.314. The highest BCUT2D eigenvalue weighted by Gasteiger charge is 2.51. The zero-order chi connectivity index (χ0) is 16.3. The molecule has 0 N–H and O–H groups in total. The summed E-state index contributed by atoms with van der Waals surface area (Å²) in [6.45, 7) is 4.50. The van der Waals surface area contributed by atoms with Gasteiger partial charge in [-0.3, -0.25) is 0 Å². The number of hydrogen-bond donors (Lipinski definition) is 0. The molecule has 2 saturated heterocycles. The lowest BCUT2D eigenvalue weighted by molar-refractivity contribution is -0.0315. The maximum absolute atomic E-state index is 13.1. The number of rotatable bonds is 5. The molecule has 3 rings (SSSR count). The van der Waals surface area contributed by atoms with Crippen LogP contribution in [0.5, 0.6) is 0 Å². The number of benzene rings is 1. The first kappa shape index (κ1) is 16.9. The molecule has 0 aliphatic carbocycles. The summed E-state index contributed by atoms with van der Waals surface area (Å²) in [6, 6.07) is 8.55. The predicted molar refractivity (Wildman–Crippen MR) is 84.7 cm³/mol. The largest absolute Gasteiger partial charge is 0.379 e. The molecule has 1 aromatic carbocycles. The van der Waals surface area contributed by atoms with Crippen LogP contribution in [0.25, 0.3) is 0 Å². The van der Waals surface area contributed by atoms with Crippen LogP contribution in [0.3, 0.4) is 0 Å². The van der Waals surface area contributed by atoms with Crippen molar-refractivity contribution >= 4 is 10.0 Å². The van der Waals surface area contributed by atoms with Crippen LogP contribution in [0.4, 0.5) is 0 Å². The fraction of sp³-hybridized carbons (Fsp3) is 0.625. The molecule has 0 amide bonds. The highest BCUT2D eigenvalue weighted by atomic mass is 32.2. The SMILES string of the molecule is CCOCC1CC2(COCCN2S(=O)(=O)c2ccccc2)CO1. The highest BCUT2D eigenvalue weighted by molar-refractivity contribution is 7.89. The van der Waals surface area contributed by atoms with E-state index in [0.717, 1.165) is 0 Å². The Morgan fingerprint density at radius 3 is 2.83 bits per heavy atom. The molecular formula is C16H23NO5S. The van der Waals surface area contributed by atoms with E-state index >= 15 is 0 Å². The third kappa shape index (κ3) is 3.29. The zero-order valence-corrected chi connectivity index (χ0v) is 14.1. The molecule has 0 aromatic heterocycles. The van der Waals surface area contributed by atoms with Crippen molar-refractivity contribution in [2.45, 2.75) is 29.9 Å². The van der Waals surface area contributed by atoms with Crippen molar-refractivity contribution in [2.75, 3.05) is 39.6 Å². The zero-order valence-electron chi connectivity index (χ0n) is 13.3. The molecule has 0 radical (unpaired) electrons. The molecule has 1 spiro atoms. The molecule has 0 saturated carbocycles. The first-order valence-electron chi connectivity index (χ1n) is 7.93. The first-order chi connectivity index (χ1) is 11.1. The average Bonchev–Trinajstić information content (AvgIpc) is 2.97. The standard InChI is InChI=1S/C16H23NO5S/c1-2-20-11-14-10-16(13-22-14)12-21-9-8-17(16)23(18,19)15-6-4-3-5-7-15/h3-7,14H,2,8-13H2,1H3. The van der Waals surface area contributed by atoms with E-state index in [1.807, 2.05) is 13.0 Å². The molecule has 7 heteroatoms. The fourth-order valence-electron chi connectivity index (χ4n) is 3.26. The second kappa shape index (κ2) is 6.86. The fourth-order valence-corrected chi connectivity index (χ4v) is 5.02. The van der Waals surface area contributed by atoms with Gasteiger partial charge in [0.25, 0.3) is 0 Å². The Morgan fingerprint density at radius 2 is 2.09 bits per heavy atom. The molecule has 1 aromatic rings. The summed E-state index contributed by atoms with van der Waals surface area (Å²) in [6.07, 6.45) is 0.504.